The summed E-state index contributed by atoms with van der Waals surface area (Å²) < 4.78 is 5.57. The highest BCUT2D eigenvalue weighted by atomic mass is 16.5. The fourth-order valence-electron chi connectivity index (χ4n) is 1.33. The highest BCUT2D eigenvalue weighted by Crippen LogP contribution is 2.22. The summed E-state index contributed by atoms with van der Waals surface area (Å²) in [6, 6.07) is 4.58. The zero-order chi connectivity index (χ0) is 12.3. The molecule has 1 aromatic carbocycles. The molecule has 0 saturated carbocycles. The quantitative estimate of drug-likeness (QED) is 0.824. The van der Waals surface area contributed by atoms with Crippen molar-refractivity contribution in [2.45, 2.75) is 33.0 Å². The van der Waals surface area contributed by atoms with Crippen LogP contribution in [0.4, 0.5) is 0 Å². The second kappa shape index (κ2) is 4.53. The van der Waals surface area contributed by atoms with Gasteiger partial charge in [0.1, 0.15) is 11.4 Å². The molecule has 4 heteroatoms. The molecule has 0 fully saturated rings. The Morgan fingerprint density at radius 2 is 2.00 bits per heavy atom. The summed E-state index contributed by atoms with van der Waals surface area (Å²) in [5, 5.41) is 17.9. The lowest BCUT2D eigenvalue weighted by Gasteiger charge is -2.21. The van der Waals surface area contributed by atoms with Crippen LogP contribution in [-0.4, -0.2) is 21.8 Å². The van der Waals surface area contributed by atoms with E-state index >= 15 is 0 Å². The van der Waals surface area contributed by atoms with Crippen molar-refractivity contribution in [1.82, 2.24) is 0 Å². The van der Waals surface area contributed by atoms with Crippen molar-refractivity contribution in [3.63, 3.8) is 0 Å². The van der Waals surface area contributed by atoms with E-state index in [0.29, 0.717) is 11.3 Å². The van der Waals surface area contributed by atoms with Crippen molar-refractivity contribution in [3.8, 4) is 5.75 Å². The second-order valence-electron chi connectivity index (χ2n) is 4.50. The number of benzene rings is 1. The van der Waals surface area contributed by atoms with E-state index in [1.165, 1.54) is 6.07 Å². The van der Waals surface area contributed by atoms with Gasteiger partial charge in [-0.2, -0.15) is 0 Å². The third-order valence-electron chi connectivity index (χ3n) is 1.90. The van der Waals surface area contributed by atoms with Crippen LogP contribution >= 0.6 is 0 Å². The van der Waals surface area contributed by atoms with Gasteiger partial charge in [0.25, 0.3) is 0 Å². The van der Waals surface area contributed by atoms with Gasteiger partial charge in [-0.15, -0.1) is 0 Å². The Balaban J connectivity index is 3.05. The first kappa shape index (κ1) is 12.5. The number of carboxylic acids is 1. The van der Waals surface area contributed by atoms with Crippen LogP contribution in [0, 0.1) is 0 Å². The molecule has 0 aliphatic carbocycles. The zero-order valence-electron chi connectivity index (χ0n) is 9.65. The molecule has 0 aromatic heterocycles. The SMILES string of the molecule is CC(C)(C)Oc1ccc(C(=O)O)c(CO)c1. The van der Waals surface area contributed by atoms with Gasteiger partial charge in [-0.3, -0.25) is 0 Å². The first-order valence-corrected chi connectivity index (χ1v) is 4.99. The van der Waals surface area contributed by atoms with Crippen LogP contribution in [0.5, 0.6) is 5.75 Å². The van der Waals surface area contributed by atoms with Crippen molar-refractivity contribution < 1.29 is 19.7 Å². The normalized spacial score (nSPS) is 11.2. The molecule has 0 bridgehead atoms. The van der Waals surface area contributed by atoms with Gasteiger partial charge >= 0.3 is 5.97 Å². The third kappa shape index (κ3) is 3.24. The first-order chi connectivity index (χ1) is 7.33. The predicted molar refractivity (Wildman–Crippen MR) is 59.7 cm³/mol. The monoisotopic (exact) mass is 224 g/mol. The molecule has 1 aromatic rings. The van der Waals surface area contributed by atoms with E-state index in [1.54, 1.807) is 12.1 Å². The molecular formula is C12H16O4. The third-order valence-corrected chi connectivity index (χ3v) is 1.90. The highest BCUT2D eigenvalue weighted by molar-refractivity contribution is 5.89. The Morgan fingerprint density at radius 1 is 1.38 bits per heavy atom. The maximum absolute atomic E-state index is 10.8. The van der Waals surface area contributed by atoms with Gasteiger partial charge in [-0.1, -0.05) is 0 Å². The zero-order valence-corrected chi connectivity index (χ0v) is 9.65. The number of hydrogen-bond acceptors (Lipinski definition) is 3. The van der Waals surface area contributed by atoms with E-state index in [-0.39, 0.29) is 17.8 Å². The van der Waals surface area contributed by atoms with Crippen molar-refractivity contribution >= 4 is 5.97 Å². The number of rotatable bonds is 3. The molecule has 88 valence electrons. The summed E-state index contributed by atoms with van der Waals surface area (Å²) in [6.07, 6.45) is 0. The van der Waals surface area contributed by atoms with E-state index in [9.17, 15) is 4.79 Å². The van der Waals surface area contributed by atoms with Gasteiger partial charge in [0.05, 0.1) is 12.2 Å². The van der Waals surface area contributed by atoms with Crippen LogP contribution < -0.4 is 4.74 Å². The van der Waals surface area contributed by atoms with Crippen LogP contribution in [0.25, 0.3) is 0 Å². The maximum atomic E-state index is 10.8. The molecule has 0 unspecified atom stereocenters. The summed E-state index contributed by atoms with van der Waals surface area (Å²) in [5.41, 5.74) is 0.107. The first-order valence-electron chi connectivity index (χ1n) is 4.99. The van der Waals surface area contributed by atoms with Gasteiger partial charge in [0.15, 0.2) is 0 Å². The smallest absolute Gasteiger partial charge is 0.336 e. The highest BCUT2D eigenvalue weighted by Gasteiger charge is 2.15. The van der Waals surface area contributed by atoms with Crippen LogP contribution in [-0.2, 0) is 6.61 Å². The number of aromatic carboxylic acids is 1. The summed E-state index contributed by atoms with van der Waals surface area (Å²) >= 11 is 0. The summed E-state index contributed by atoms with van der Waals surface area (Å²) in [6.45, 7) is 5.38. The van der Waals surface area contributed by atoms with E-state index in [4.69, 9.17) is 14.9 Å². The number of carbonyl (C=O) groups is 1. The maximum Gasteiger partial charge on any atom is 0.336 e. The van der Waals surface area contributed by atoms with Gasteiger partial charge < -0.3 is 14.9 Å². The molecule has 0 radical (unpaired) electrons. The molecule has 2 N–H and O–H groups in total. The minimum atomic E-state index is -1.05. The molecule has 0 aliphatic heterocycles. The molecular weight excluding hydrogens is 208 g/mol. The number of aliphatic hydroxyl groups excluding tert-OH is 1. The molecule has 1 rings (SSSR count). The predicted octanol–water partition coefficient (Wildman–Crippen LogP) is 2.05. The standard InChI is InChI=1S/C12H16O4/c1-12(2,3)16-9-4-5-10(11(14)15)8(6-9)7-13/h4-6,13H,7H2,1-3H3,(H,14,15). The lowest BCUT2D eigenvalue weighted by Crippen LogP contribution is -2.23. The van der Waals surface area contributed by atoms with E-state index in [0.717, 1.165) is 0 Å². The Labute approximate surface area is 94.5 Å². The molecule has 0 spiro atoms. The minimum Gasteiger partial charge on any atom is -0.488 e. The van der Waals surface area contributed by atoms with Crippen molar-refractivity contribution in [3.05, 3.63) is 29.3 Å². The van der Waals surface area contributed by atoms with E-state index in [1.807, 2.05) is 20.8 Å². The molecule has 4 nitrogen and oxygen atoms in total. The van der Waals surface area contributed by atoms with Gasteiger partial charge in [-0.25, -0.2) is 4.79 Å². The summed E-state index contributed by atoms with van der Waals surface area (Å²) in [4.78, 5) is 10.8. The van der Waals surface area contributed by atoms with Crippen LogP contribution in [0.3, 0.4) is 0 Å². The molecule has 0 atom stereocenters. The average Bonchev–Trinajstić information content (AvgIpc) is 2.14. The Kier molecular flexibility index (Phi) is 3.55. The topological polar surface area (TPSA) is 66.8 Å². The average molecular weight is 224 g/mol. The van der Waals surface area contributed by atoms with E-state index in [2.05, 4.69) is 0 Å². The lowest BCUT2D eigenvalue weighted by molar-refractivity contribution is 0.0693. The van der Waals surface area contributed by atoms with E-state index < -0.39 is 5.97 Å². The van der Waals surface area contributed by atoms with Crippen molar-refractivity contribution in [2.75, 3.05) is 0 Å². The summed E-state index contributed by atoms with van der Waals surface area (Å²) in [5.74, 6) is -0.493. The largest absolute Gasteiger partial charge is 0.488 e. The van der Waals surface area contributed by atoms with Crippen LogP contribution in [0.15, 0.2) is 18.2 Å². The van der Waals surface area contributed by atoms with Crippen LogP contribution in [0.2, 0.25) is 0 Å². The lowest BCUT2D eigenvalue weighted by atomic mass is 10.1. The Bertz CT molecular complexity index is 390. The summed E-state index contributed by atoms with van der Waals surface area (Å²) in [7, 11) is 0. The Hall–Kier alpha value is -1.55. The molecule has 0 aliphatic rings. The molecule has 0 saturated heterocycles. The van der Waals surface area contributed by atoms with Crippen LogP contribution in [0.1, 0.15) is 36.7 Å². The fourth-order valence-corrected chi connectivity index (χ4v) is 1.33. The molecule has 16 heavy (non-hydrogen) atoms. The fraction of sp³-hybridized carbons (Fsp3) is 0.417. The number of aliphatic hydroxyl groups is 1. The number of ether oxygens (including phenoxy) is 1. The van der Waals surface area contributed by atoms with Gasteiger partial charge in [0, 0.05) is 0 Å². The van der Waals surface area contributed by atoms with Crippen molar-refractivity contribution in [2.24, 2.45) is 0 Å². The minimum absolute atomic E-state index is 0.101. The van der Waals surface area contributed by atoms with Gasteiger partial charge in [-0.05, 0) is 44.5 Å². The van der Waals surface area contributed by atoms with Gasteiger partial charge in [0.2, 0.25) is 0 Å². The van der Waals surface area contributed by atoms with Crippen molar-refractivity contribution in [1.29, 1.82) is 0 Å². The Morgan fingerprint density at radius 3 is 2.44 bits per heavy atom. The second-order valence-corrected chi connectivity index (χ2v) is 4.50. The number of carboxylic acid groups (broad SMARTS) is 1. The number of hydrogen-bond donors (Lipinski definition) is 2. The molecule has 0 amide bonds. The molecule has 0 heterocycles.